The van der Waals surface area contributed by atoms with Gasteiger partial charge in [-0.3, -0.25) is 5.32 Å². The average Bonchev–Trinajstić information content (AvgIpc) is 2.62. The summed E-state index contributed by atoms with van der Waals surface area (Å²) in [5, 5.41) is 16.6. The molecule has 4 aromatic rings. The summed E-state index contributed by atoms with van der Waals surface area (Å²) in [6.07, 6.45) is -1.08. The van der Waals surface area contributed by atoms with Gasteiger partial charge < -0.3 is 10.4 Å². The van der Waals surface area contributed by atoms with Crippen molar-refractivity contribution in [1.29, 1.82) is 0 Å². The summed E-state index contributed by atoms with van der Waals surface area (Å²) >= 11 is 0. The summed E-state index contributed by atoms with van der Waals surface area (Å²) in [6, 6.07) is 23.1. The number of pyridine rings is 1. The van der Waals surface area contributed by atoms with Crippen LogP contribution >= 0.6 is 0 Å². The molecule has 0 saturated heterocycles. The second kappa shape index (κ2) is 6.13. The number of nitrogens with zero attached hydrogens (tertiary/aromatic N) is 1. The van der Waals surface area contributed by atoms with Crippen molar-refractivity contribution in [3.8, 4) is 0 Å². The molecule has 3 aromatic carbocycles. The van der Waals surface area contributed by atoms with Crippen molar-refractivity contribution in [2.45, 2.75) is 0 Å². The van der Waals surface area contributed by atoms with E-state index < -0.39 is 6.09 Å². The van der Waals surface area contributed by atoms with Crippen LogP contribution in [0.15, 0.2) is 72.8 Å². The van der Waals surface area contributed by atoms with Crippen LogP contribution in [0.4, 0.5) is 21.9 Å². The van der Waals surface area contributed by atoms with Gasteiger partial charge in [-0.15, -0.1) is 0 Å². The Hall–Kier alpha value is -3.60. The first-order valence-electron chi connectivity index (χ1n) is 7.85. The fourth-order valence-electron chi connectivity index (χ4n) is 2.88. The van der Waals surface area contributed by atoms with Crippen LogP contribution in [0.25, 0.3) is 21.8 Å². The van der Waals surface area contributed by atoms with Crippen molar-refractivity contribution >= 4 is 45.0 Å². The fraction of sp³-hybridized carbons (Fsp3) is 0. The highest BCUT2D eigenvalue weighted by Crippen LogP contribution is 2.33. The van der Waals surface area contributed by atoms with Crippen molar-refractivity contribution in [3.63, 3.8) is 0 Å². The average molecular weight is 329 g/mol. The SMILES string of the molecule is O=C(O)Nc1ccc(Nc2c3ccccc3nc3ccccc23)cc1. The predicted octanol–water partition coefficient (Wildman–Crippen LogP) is 5.22. The Kier molecular flexibility index (Phi) is 3.67. The number of rotatable bonds is 3. The van der Waals surface area contributed by atoms with E-state index in [0.29, 0.717) is 5.69 Å². The summed E-state index contributed by atoms with van der Waals surface area (Å²) in [6.45, 7) is 0. The molecule has 0 radical (unpaired) electrons. The first kappa shape index (κ1) is 15.0. The highest BCUT2D eigenvalue weighted by Gasteiger charge is 2.09. The van der Waals surface area contributed by atoms with Crippen LogP contribution in [0, 0.1) is 0 Å². The first-order chi connectivity index (χ1) is 12.2. The van der Waals surface area contributed by atoms with Crippen molar-refractivity contribution in [1.82, 2.24) is 4.98 Å². The molecule has 0 aliphatic heterocycles. The molecule has 3 N–H and O–H groups in total. The lowest BCUT2D eigenvalue weighted by Crippen LogP contribution is -2.06. The molecule has 4 rings (SSSR count). The molecule has 1 aromatic heterocycles. The Bertz CT molecular complexity index is 1020. The van der Waals surface area contributed by atoms with Crippen LogP contribution in [0.5, 0.6) is 0 Å². The molecule has 0 bridgehead atoms. The number of aromatic nitrogens is 1. The number of carbonyl (C=O) groups is 1. The quantitative estimate of drug-likeness (QED) is 0.450. The first-order valence-corrected chi connectivity index (χ1v) is 7.85. The van der Waals surface area contributed by atoms with Gasteiger partial charge in [0, 0.05) is 22.1 Å². The molecule has 1 amide bonds. The minimum atomic E-state index is -1.08. The van der Waals surface area contributed by atoms with Crippen LogP contribution in [0.2, 0.25) is 0 Å². The molecule has 1 heterocycles. The maximum Gasteiger partial charge on any atom is 0.409 e. The Labute approximate surface area is 143 Å². The Balaban J connectivity index is 1.80. The predicted molar refractivity (Wildman–Crippen MR) is 101 cm³/mol. The van der Waals surface area contributed by atoms with Crippen molar-refractivity contribution in [2.24, 2.45) is 0 Å². The fourth-order valence-corrected chi connectivity index (χ4v) is 2.88. The van der Waals surface area contributed by atoms with E-state index >= 15 is 0 Å². The van der Waals surface area contributed by atoms with Gasteiger partial charge in [0.15, 0.2) is 0 Å². The van der Waals surface area contributed by atoms with E-state index in [4.69, 9.17) is 10.1 Å². The van der Waals surface area contributed by atoms with Crippen LogP contribution in [0.3, 0.4) is 0 Å². The molecule has 0 spiro atoms. The van der Waals surface area contributed by atoms with Crippen molar-refractivity contribution in [3.05, 3.63) is 72.8 Å². The van der Waals surface area contributed by atoms with Gasteiger partial charge in [-0.2, -0.15) is 0 Å². The molecule has 0 atom stereocenters. The number of fused-ring (bicyclic) bond motifs is 2. The number of hydrogen-bond acceptors (Lipinski definition) is 3. The number of carboxylic acid groups (broad SMARTS) is 1. The molecule has 122 valence electrons. The monoisotopic (exact) mass is 329 g/mol. The second-order valence-electron chi connectivity index (χ2n) is 5.65. The third-order valence-corrected chi connectivity index (χ3v) is 3.99. The maximum atomic E-state index is 10.7. The summed E-state index contributed by atoms with van der Waals surface area (Å²) in [7, 11) is 0. The smallest absolute Gasteiger partial charge is 0.409 e. The zero-order chi connectivity index (χ0) is 17.2. The molecular formula is C20H15N3O2. The molecule has 0 aliphatic carbocycles. The third-order valence-electron chi connectivity index (χ3n) is 3.99. The highest BCUT2D eigenvalue weighted by molar-refractivity contribution is 6.08. The number of nitrogens with one attached hydrogen (secondary N) is 2. The van der Waals surface area contributed by atoms with Gasteiger partial charge in [-0.1, -0.05) is 36.4 Å². The summed E-state index contributed by atoms with van der Waals surface area (Å²) in [5.41, 5.74) is 4.24. The van der Waals surface area contributed by atoms with E-state index in [9.17, 15) is 4.79 Å². The Morgan fingerprint density at radius 3 is 1.84 bits per heavy atom. The number of para-hydroxylation sites is 2. The van der Waals surface area contributed by atoms with E-state index in [1.807, 2.05) is 60.7 Å². The molecule has 0 saturated carbocycles. The van der Waals surface area contributed by atoms with Gasteiger partial charge in [-0.05, 0) is 36.4 Å². The standard InChI is InChI=1S/C20H15N3O2/c24-20(25)22-14-11-9-13(10-12-14)21-19-15-5-1-3-7-17(15)23-18-8-4-2-6-16(18)19/h1-12,22H,(H,21,23)(H,24,25). The summed E-state index contributed by atoms with van der Waals surface area (Å²) in [4.78, 5) is 15.4. The molecule has 5 heteroatoms. The van der Waals surface area contributed by atoms with Crippen LogP contribution in [-0.2, 0) is 0 Å². The molecular weight excluding hydrogens is 314 g/mol. The maximum absolute atomic E-state index is 10.7. The van der Waals surface area contributed by atoms with Gasteiger partial charge in [0.25, 0.3) is 0 Å². The Morgan fingerprint density at radius 2 is 1.28 bits per heavy atom. The van der Waals surface area contributed by atoms with E-state index in [0.717, 1.165) is 33.2 Å². The minimum Gasteiger partial charge on any atom is -0.465 e. The number of hydrogen-bond donors (Lipinski definition) is 3. The van der Waals surface area contributed by atoms with Crippen LogP contribution < -0.4 is 10.6 Å². The zero-order valence-electron chi connectivity index (χ0n) is 13.2. The zero-order valence-corrected chi connectivity index (χ0v) is 13.2. The van der Waals surface area contributed by atoms with E-state index in [-0.39, 0.29) is 0 Å². The van der Waals surface area contributed by atoms with Gasteiger partial charge in [0.05, 0.1) is 16.7 Å². The van der Waals surface area contributed by atoms with E-state index in [1.165, 1.54) is 0 Å². The number of amides is 1. The molecule has 0 aliphatic rings. The molecule has 0 unspecified atom stereocenters. The highest BCUT2D eigenvalue weighted by atomic mass is 16.4. The van der Waals surface area contributed by atoms with Gasteiger partial charge in [0.1, 0.15) is 0 Å². The molecule has 25 heavy (non-hydrogen) atoms. The number of anilines is 3. The minimum absolute atomic E-state index is 0.530. The van der Waals surface area contributed by atoms with Crippen LogP contribution in [0.1, 0.15) is 0 Å². The lowest BCUT2D eigenvalue weighted by molar-refractivity contribution is 0.210. The van der Waals surface area contributed by atoms with Crippen molar-refractivity contribution < 1.29 is 9.90 Å². The number of benzene rings is 3. The van der Waals surface area contributed by atoms with Gasteiger partial charge in [0.2, 0.25) is 0 Å². The second-order valence-corrected chi connectivity index (χ2v) is 5.65. The van der Waals surface area contributed by atoms with E-state index in [1.54, 1.807) is 12.1 Å². The van der Waals surface area contributed by atoms with Gasteiger partial charge >= 0.3 is 6.09 Å². The topological polar surface area (TPSA) is 74.2 Å². The Morgan fingerprint density at radius 1 is 0.760 bits per heavy atom. The molecule has 5 nitrogen and oxygen atoms in total. The largest absolute Gasteiger partial charge is 0.465 e. The normalized spacial score (nSPS) is 10.7. The summed E-state index contributed by atoms with van der Waals surface area (Å²) < 4.78 is 0. The van der Waals surface area contributed by atoms with Crippen molar-refractivity contribution in [2.75, 3.05) is 10.6 Å². The lowest BCUT2D eigenvalue weighted by Gasteiger charge is -2.13. The third kappa shape index (κ3) is 2.95. The molecule has 0 fully saturated rings. The van der Waals surface area contributed by atoms with E-state index in [2.05, 4.69) is 10.6 Å². The van der Waals surface area contributed by atoms with Gasteiger partial charge in [-0.25, -0.2) is 9.78 Å². The van der Waals surface area contributed by atoms with Crippen LogP contribution in [-0.4, -0.2) is 16.2 Å². The lowest BCUT2D eigenvalue weighted by atomic mass is 10.1. The summed E-state index contributed by atoms with van der Waals surface area (Å²) in [5.74, 6) is 0.